The first-order valence-electron chi connectivity index (χ1n) is 10.4. The van der Waals surface area contributed by atoms with Crippen molar-refractivity contribution in [3.63, 3.8) is 0 Å². The Kier molecular flexibility index (Phi) is 8.20. The van der Waals surface area contributed by atoms with E-state index in [0.29, 0.717) is 57.1 Å². The van der Waals surface area contributed by atoms with Crippen molar-refractivity contribution >= 4 is 11.8 Å². The summed E-state index contributed by atoms with van der Waals surface area (Å²) in [6.45, 7) is 2.79. The zero-order chi connectivity index (χ0) is 21.2. The van der Waals surface area contributed by atoms with Gasteiger partial charge in [-0.2, -0.15) is 0 Å². The van der Waals surface area contributed by atoms with Crippen molar-refractivity contribution < 1.29 is 19.1 Å². The minimum absolute atomic E-state index is 0.0428. The topological polar surface area (TPSA) is 80.8 Å². The Labute approximate surface area is 177 Å². The molecule has 0 bridgehead atoms. The van der Waals surface area contributed by atoms with Crippen LogP contribution in [0.1, 0.15) is 35.2 Å². The predicted molar refractivity (Wildman–Crippen MR) is 113 cm³/mol. The third-order valence-corrected chi connectivity index (χ3v) is 5.19. The number of nitrogens with one attached hydrogen (secondary N) is 1. The Morgan fingerprint density at radius 1 is 1.17 bits per heavy atom. The van der Waals surface area contributed by atoms with Crippen LogP contribution in [0.25, 0.3) is 0 Å². The molecule has 1 saturated heterocycles. The van der Waals surface area contributed by atoms with Crippen LogP contribution in [0.5, 0.6) is 5.88 Å². The molecule has 1 fully saturated rings. The van der Waals surface area contributed by atoms with Crippen molar-refractivity contribution in [1.82, 2.24) is 15.2 Å². The molecular formula is C23H29N3O4. The molecule has 2 aromatic rings. The second-order valence-electron chi connectivity index (χ2n) is 7.36. The van der Waals surface area contributed by atoms with Gasteiger partial charge in [-0.25, -0.2) is 4.98 Å². The van der Waals surface area contributed by atoms with Gasteiger partial charge in [0, 0.05) is 57.1 Å². The maximum atomic E-state index is 12.9. The van der Waals surface area contributed by atoms with E-state index in [-0.39, 0.29) is 17.7 Å². The monoisotopic (exact) mass is 411 g/mol. The van der Waals surface area contributed by atoms with Crippen LogP contribution in [0, 0.1) is 5.92 Å². The Hall–Kier alpha value is -2.93. The first-order chi connectivity index (χ1) is 14.7. The number of benzene rings is 1. The lowest BCUT2D eigenvalue weighted by molar-refractivity contribution is -0.126. The van der Waals surface area contributed by atoms with Crippen LogP contribution in [0.4, 0.5) is 0 Å². The van der Waals surface area contributed by atoms with Gasteiger partial charge < -0.3 is 19.7 Å². The summed E-state index contributed by atoms with van der Waals surface area (Å²) >= 11 is 0. The van der Waals surface area contributed by atoms with Crippen molar-refractivity contribution in [2.75, 3.05) is 33.4 Å². The smallest absolute Gasteiger partial charge is 0.254 e. The van der Waals surface area contributed by atoms with Gasteiger partial charge in [0.15, 0.2) is 0 Å². The van der Waals surface area contributed by atoms with Gasteiger partial charge in [0.2, 0.25) is 11.8 Å². The predicted octanol–water partition coefficient (Wildman–Crippen LogP) is 2.67. The summed E-state index contributed by atoms with van der Waals surface area (Å²) in [5.41, 5.74) is 1.59. The number of rotatable bonds is 9. The Morgan fingerprint density at radius 2 is 1.93 bits per heavy atom. The number of pyridine rings is 1. The van der Waals surface area contributed by atoms with Crippen molar-refractivity contribution in [3.05, 3.63) is 59.8 Å². The van der Waals surface area contributed by atoms with Crippen molar-refractivity contribution in [1.29, 1.82) is 0 Å². The summed E-state index contributed by atoms with van der Waals surface area (Å²) < 4.78 is 10.7. The molecule has 1 aromatic heterocycles. The van der Waals surface area contributed by atoms with Gasteiger partial charge in [-0.1, -0.05) is 30.3 Å². The zero-order valence-electron chi connectivity index (χ0n) is 17.4. The van der Waals surface area contributed by atoms with E-state index in [1.165, 1.54) is 0 Å². The number of aromatic nitrogens is 1. The molecule has 1 aliphatic rings. The van der Waals surface area contributed by atoms with E-state index in [4.69, 9.17) is 9.47 Å². The Morgan fingerprint density at radius 3 is 2.67 bits per heavy atom. The normalized spacial score (nSPS) is 14.4. The molecule has 0 aliphatic carbocycles. The average molecular weight is 412 g/mol. The molecule has 1 aromatic carbocycles. The maximum absolute atomic E-state index is 12.9. The molecule has 160 valence electrons. The van der Waals surface area contributed by atoms with Crippen LogP contribution in [0.15, 0.2) is 48.7 Å². The van der Waals surface area contributed by atoms with E-state index in [2.05, 4.69) is 10.3 Å². The molecule has 0 saturated carbocycles. The highest BCUT2D eigenvalue weighted by Gasteiger charge is 2.27. The molecule has 3 rings (SSSR count). The summed E-state index contributed by atoms with van der Waals surface area (Å²) in [7, 11) is 1.65. The van der Waals surface area contributed by atoms with E-state index in [1.54, 1.807) is 30.3 Å². The molecule has 0 spiro atoms. The number of carbonyl (C=O) groups excluding carboxylic acids is 2. The highest BCUT2D eigenvalue weighted by molar-refractivity contribution is 5.94. The fraction of sp³-hybridized carbons (Fsp3) is 0.435. The number of piperidine rings is 1. The Balaban J connectivity index is 1.48. The molecule has 30 heavy (non-hydrogen) atoms. The molecule has 0 unspecified atom stereocenters. The molecule has 2 heterocycles. The molecule has 1 N–H and O–H groups in total. The summed E-state index contributed by atoms with van der Waals surface area (Å²) in [5, 5.41) is 2.95. The van der Waals surface area contributed by atoms with E-state index in [0.717, 1.165) is 12.0 Å². The number of ether oxygens (including phenoxy) is 2. The number of carbonyl (C=O) groups is 2. The van der Waals surface area contributed by atoms with Crippen LogP contribution in [-0.2, 0) is 16.1 Å². The van der Waals surface area contributed by atoms with Gasteiger partial charge in [0.05, 0.1) is 0 Å². The van der Waals surface area contributed by atoms with E-state index >= 15 is 0 Å². The molecule has 0 radical (unpaired) electrons. The van der Waals surface area contributed by atoms with Crippen LogP contribution < -0.4 is 10.1 Å². The third kappa shape index (κ3) is 6.29. The molecule has 0 atom stereocenters. The average Bonchev–Trinajstić information content (AvgIpc) is 2.81. The van der Waals surface area contributed by atoms with Crippen LogP contribution in [0.3, 0.4) is 0 Å². The molecule has 7 nitrogen and oxygen atoms in total. The lowest BCUT2D eigenvalue weighted by Gasteiger charge is -2.31. The van der Waals surface area contributed by atoms with Crippen LogP contribution in [-0.4, -0.2) is 55.0 Å². The number of likely N-dealkylation sites (tertiary alicyclic amines) is 1. The van der Waals surface area contributed by atoms with Gasteiger partial charge in [-0.15, -0.1) is 0 Å². The molecule has 1 aliphatic heterocycles. The van der Waals surface area contributed by atoms with Crippen LogP contribution >= 0.6 is 0 Å². The summed E-state index contributed by atoms with van der Waals surface area (Å²) in [4.78, 5) is 31.1. The highest BCUT2D eigenvalue weighted by Crippen LogP contribution is 2.20. The number of nitrogens with zero attached hydrogens (tertiary/aromatic N) is 2. The zero-order valence-corrected chi connectivity index (χ0v) is 17.4. The number of hydrogen-bond donors (Lipinski definition) is 1. The van der Waals surface area contributed by atoms with Gasteiger partial charge in [0.25, 0.3) is 5.91 Å². The number of amides is 2. The summed E-state index contributed by atoms with van der Waals surface area (Å²) in [6, 6.07) is 13.2. The van der Waals surface area contributed by atoms with Gasteiger partial charge in [-0.05, 0) is 30.9 Å². The van der Waals surface area contributed by atoms with E-state index in [9.17, 15) is 9.59 Å². The first-order valence-corrected chi connectivity index (χ1v) is 10.4. The maximum Gasteiger partial charge on any atom is 0.254 e. The summed E-state index contributed by atoms with van der Waals surface area (Å²) in [5.74, 6) is 0.397. The summed E-state index contributed by atoms with van der Waals surface area (Å²) in [6.07, 6.45) is 3.73. The number of methoxy groups -OCH3 is 1. The van der Waals surface area contributed by atoms with E-state index in [1.807, 2.05) is 30.3 Å². The van der Waals surface area contributed by atoms with Crippen LogP contribution in [0.2, 0.25) is 0 Å². The lowest BCUT2D eigenvalue weighted by atomic mass is 9.95. The third-order valence-electron chi connectivity index (χ3n) is 5.19. The minimum atomic E-state index is -0.0547. The SMILES string of the molecule is COCCCNC(=O)C1CCN(C(=O)c2ccnc(OCc3ccccc3)c2)CC1. The Bertz CT molecular complexity index is 820. The van der Waals surface area contributed by atoms with Gasteiger partial charge >= 0.3 is 0 Å². The van der Waals surface area contributed by atoms with Gasteiger partial charge in [-0.3, -0.25) is 9.59 Å². The van der Waals surface area contributed by atoms with Crippen molar-refractivity contribution in [2.24, 2.45) is 5.92 Å². The van der Waals surface area contributed by atoms with Crippen molar-refractivity contribution in [2.45, 2.75) is 25.9 Å². The van der Waals surface area contributed by atoms with E-state index < -0.39 is 0 Å². The quantitative estimate of drug-likeness (QED) is 0.642. The fourth-order valence-electron chi connectivity index (χ4n) is 3.45. The number of hydrogen-bond acceptors (Lipinski definition) is 5. The largest absolute Gasteiger partial charge is 0.473 e. The lowest BCUT2D eigenvalue weighted by Crippen LogP contribution is -2.43. The molecular weight excluding hydrogens is 382 g/mol. The molecule has 7 heteroatoms. The minimum Gasteiger partial charge on any atom is -0.473 e. The van der Waals surface area contributed by atoms with Crippen molar-refractivity contribution in [3.8, 4) is 5.88 Å². The molecule has 2 amide bonds. The standard InChI is InChI=1S/C23H29N3O4/c1-29-15-5-11-25-22(27)19-9-13-26(14-10-19)23(28)20-8-12-24-21(16-20)30-17-18-6-3-2-4-7-18/h2-4,6-8,12,16,19H,5,9-11,13-15,17H2,1H3,(H,25,27). The first kappa shape index (κ1) is 21.8. The van der Waals surface area contributed by atoms with Gasteiger partial charge in [0.1, 0.15) is 6.61 Å². The second-order valence-corrected chi connectivity index (χ2v) is 7.36. The highest BCUT2D eigenvalue weighted by atomic mass is 16.5. The second kappa shape index (κ2) is 11.3. The fourth-order valence-corrected chi connectivity index (χ4v) is 3.45.